The zero-order valence-corrected chi connectivity index (χ0v) is 11.4. The van der Waals surface area contributed by atoms with E-state index in [1.165, 1.54) is 10.8 Å². The van der Waals surface area contributed by atoms with Crippen LogP contribution in [0.25, 0.3) is 10.8 Å². The van der Waals surface area contributed by atoms with Crippen molar-refractivity contribution in [2.24, 2.45) is 0 Å². The van der Waals surface area contributed by atoms with Crippen LogP contribution in [0.15, 0.2) is 36.5 Å². The SMILES string of the molecule is CC(C)NCCN(C)c1nccc2ccccc12. The van der Waals surface area contributed by atoms with Crippen molar-refractivity contribution in [1.29, 1.82) is 0 Å². The quantitative estimate of drug-likeness (QED) is 0.875. The largest absolute Gasteiger partial charge is 0.358 e. The van der Waals surface area contributed by atoms with Crippen LogP contribution in [-0.4, -0.2) is 31.2 Å². The van der Waals surface area contributed by atoms with E-state index in [4.69, 9.17) is 0 Å². The molecule has 0 radical (unpaired) electrons. The summed E-state index contributed by atoms with van der Waals surface area (Å²) in [6.45, 7) is 6.25. The van der Waals surface area contributed by atoms with Crippen molar-refractivity contribution in [2.75, 3.05) is 25.0 Å². The molecule has 1 heterocycles. The molecule has 0 fully saturated rings. The monoisotopic (exact) mass is 243 g/mol. The Morgan fingerprint density at radius 1 is 1.22 bits per heavy atom. The molecule has 0 saturated carbocycles. The fraction of sp³-hybridized carbons (Fsp3) is 0.400. The molecular weight excluding hydrogens is 222 g/mol. The Labute approximate surface area is 109 Å². The predicted molar refractivity (Wildman–Crippen MR) is 78.2 cm³/mol. The molecule has 0 aliphatic carbocycles. The van der Waals surface area contributed by atoms with Gasteiger partial charge in [-0.1, -0.05) is 38.1 Å². The third-order valence-corrected chi connectivity index (χ3v) is 3.01. The molecular formula is C15H21N3. The molecule has 0 unspecified atom stereocenters. The van der Waals surface area contributed by atoms with Crippen molar-refractivity contribution in [3.05, 3.63) is 36.5 Å². The Morgan fingerprint density at radius 3 is 2.78 bits per heavy atom. The highest BCUT2D eigenvalue weighted by molar-refractivity contribution is 5.91. The number of rotatable bonds is 5. The van der Waals surface area contributed by atoms with Gasteiger partial charge >= 0.3 is 0 Å². The van der Waals surface area contributed by atoms with Gasteiger partial charge in [0.05, 0.1) is 0 Å². The van der Waals surface area contributed by atoms with E-state index >= 15 is 0 Å². The van der Waals surface area contributed by atoms with Gasteiger partial charge in [-0.15, -0.1) is 0 Å². The van der Waals surface area contributed by atoms with E-state index in [2.05, 4.69) is 66.4 Å². The van der Waals surface area contributed by atoms with Crippen LogP contribution >= 0.6 is 0 Å². The second-order valence-corrected chi connectivity index (χ2v) is 4.89. The number of pyridine rings is 1. The van der Waals surface area contributed by atoms with E-state index in [0.29, 0.717) is 6.04 Å². The lowest BCUT2D eigenvalue weighted by molar-refractivity contribution is 0.588. The number of nitrogens with zero attached hydrogens (tertiary/aromatic N) is 2. The van der Waals surface area contributed by atoms with Gasteiger partial charge in [0.25, 0.3) is 0 Å². The number of benzene rings is 1. The van der Waals surface area contributed by atoms with E-state index in [1.54, 1.807) is 0 Å². The molecule has 18 heavy (non-hydrogen) atoms. The Morgan fingerprint density at radius 2 is 2.00 bits per heavy atom. The molecule has 0 aliphatic heterocycles. The highest BCUT2D eigenvalue weighted by Gasteiger charge is 2.06. The topological polar surface area (TPSA) is 28.2 Å². The van der Waals surface area contributed by atoms with E-state index in [1.807, 2.05) is 6.20 Å². The number of fused-ring (bicyclic) bond motifs is 1. The Kier molecular flexibility index (Phi) is 4.15. The molecule has 1 aromatic heterocycles. The van der Waals surface area contributed by atoms with Gasteiger partial charge in [0.15, 0.2) is 0 Å². The maximum Gasteiger partial charge on any atom is 0.136 e. The first-order valence-corrected chi connectivity index (χ1v) is 6.47. The summed E-state index contributed by atoms with van der Waals surface area (Å²) in [6, 6.07) is 11.0. The number of nitrogens with one attached hydrogen (secondary N) is 1. The van der Waals surface area contributed by atoms with Crippen LogP contribution in [0.3, 0.4) is 0 Å². The first kappa shape index (κ1) is 12.8. The molecule has 3 nitrogen and oxygen atoms in total. The summed E-state index contributed by atoms with van der Waals surface area (Å²) in [5.41, 5.74) is 0. The van der Waals surface area contributed by atoms with Crippen LogP contribution in [0.5, 0.6) is 0 Å². The first-order valence-electron chi connectivity index (χ1n) is 6.47. The van der Waals surface area contributed by atoms with Gasteiger partial charge in [0.2, 0.25) is 0 Å². The summed E-state index contributed by atoms with van der Waals surface area (Å²) >= 11 is 0. The molecule has 0 bridgehead atoms. The summed E-state index contributed by atoms with van der Waals surface area (Å²) in [6.07, 6.45) is 1.88. The average molecular weight is 243 g/mol. The van der Waals surface area contributed by atoms with Crippen LogP contribution in [0.2, 0.25) is 0 Å². The number of anilines is 1. The van der Waals surface area contributed by atoms with Crippen LogP contribution in [0.1, 0.15) is 13.8 Å². The van der Waals surface area contributed by atoms with Crippen LogP contribution in [-0.2, 0) is 0 Å². The minimum absolute atomic E-state index is 0.527. The molecule has 0 spiro atoms. The third-order valence-electron chi connectivity index (χ3n) is 3.01. The highest BCUT2D eigenvalue weighted by atomic mass is 15.2. The summed E-state index contributed by atoms with van der Waals surface area (Å²) in [4.78, 5) is 6.71. The van der Waals surface area contributed by atoms with Gasteiger partial charge in [-0.2, -0.15) is 0 Å². The minimum atomic E-state index is 0.527. The molecule has 0 aliphatic rings. The van der Waals surface area contributed by atoms with Gasteiger partial charge in [0, 0.05) is 37.8 Å². The molecule has 0 saturated heterocycles. The van der Waals surface area contributed by atoms with Gasteiger partial charge in [-0.05, 0) is 11.5 Å². The second-order valence-electron chi connectivity index (χ2n) is 4.89. The highest BCUT2D eigenvalue weighted by Crippen LogP contribution is 2.22. The molecule has 2 aromatic rings. The van der Waals surface area contributed by atoms with Gasteiger partial charge in [-0.25, -0.2) is 4.98 Å². The minimum Gasteiger partial charge on any atom is -0.358 e. The molecule has 0 atom stereocenters. The molecule has 96 valence electrons. The number of hydrogen-bond donors (Lipinski definition) is 1. The van der Waals surface area contributed by atoms with Crippen molar-refractivity contribution in [1.82, 2.24) is 10.3 Å². The lowest BCUT2D eigenvalue weighted by Gasteiger charge is -2.20. The smallest absolute Gasteiger partial charge is 0.136 e. The van der Waals surface area contributed by atoms with Crippen molar-refractivity contribution in [2.45, 2.75) is 19.9 Å². The zero-order chi connectivity index (χ0) is 13.0. The van der Waals surface area contributed by atoms with Crippen molar-refractivity contribution in [3.8, 4) is 0 Å². The molecule has 0 amide bonds. The normalized spacial score (nSPS) is 11.1. The Balaban J connectivity index is 2.15. The lowest BCUT2D eigenvalue weighted by atomic mass is 10.1. The van der Waals surface area contributed by atoms with Crippen molar-refractivity contribution < 1.29 is 0 Å². The molecule has 2 rings (SSSR count). The van der Waals surface area contributed by atoms with E-state index in [9.17, 15) is 0 Å². The first-order chi connectivity index (χ1) is 8.68. The Bertz CT molecular complexity index is 503. The molecule has 1 aromatic carbocycles. The van der Waals surface area contributed by atoms with Gasteiger partial charge in [-0.3, -0.25) is 0 Å². The van der Waals surface area contributed by atoms with E-state index in [0.717, 1.165) is 18.9 Å². The number of likely N-dealkylation sites (N-methyl/N-ethyl adjacent to an activating group) is 1. The predicted octanol–water partition coefficient (Wildman–Crippen LogP) is 2.67. The maximum atomic E-state index is 4.50. The zero-order valence-electron chi connectivity index (χ0n) is 11.4. The third kappa shape index (κ3) is 2.99. The van der Waals surface area contributed by atoms with Gasteiger partial charge in [0.1, 0.15) is 5.82 Å². The summed E-state index contributed by atoms with van der Waals surface area (Å²) < 4.78 is 0. The summed E-state index contributed by atoms with van der Waals surface area (Å²) in [7, 11) is 2.09. The van der Waals surface area contributed by atoms with E-state index in [-0.39, 0.29) is 0 Å². The summed E-state index contributed by atoms with van der Waals surface area (Å²) in [5, 5.41) is 5.88. The van der Waals surface area contributed by atoms with Crippen LogP contribution in [0.4, 0.5) is 5.82 Å². The fourth-order valence-electron chi connectivity index (χ4n) is 2.03. The fourth-order valence-corrected chi connectivity index (χ4v) is 2.03. The molecule has 3 heteroatoms. The van der Waals surface area contributed by atoms with Gasteiger partial charge < -0.3 is 10.2 Å². The standard InChI is InChI=1S/C15H21N3/c1-12(2)16-10-11-18(3)15-14-7-5-4-6-13(14)8-9-17-15/h4-9,12,16H,10-11H2,1-3H3. The maximum absolute atomic E-state index is 4.50. The number of aromatic nitrogens is 1. The Hall–Kier alpha value is -1.61. The van der Waals surface area contributed by atoms with E-state index < -0.39 is 0 Å². The van der Waals surface area contributed by atoms with Crippen molar-refractivity contribution in [3.63, 3.8) is 0 Å². The van der Waals surface area contributed by atoms with Crippen LogP contribution < -0.4 is 10.2 Å². The lowest BCUT2D eigenvalue weighted by Crippen LogP contribution is -2.33. The molecule has 1 N–H and O–H groups in total. The van der Waals surface area contributed by atoms with Crippen LogP contribution in [0, 0.1) is 0 Å². The second kappa shape index (κ2) is 5.83. The average Bonchev–Trinajstić information content (AvgIpc) is 2.37. The number of hydrogen-bond acceptors (Lipinski definition) is 3. The summed E-state index contributed by atoms with van der Waals surface area (Å²) in [5.74, 6) is 1.05. The van der Waals surface area contributed by atoms with Crippen molar-refractivity contribution >= 4 is 16.6 Å².